The quantitative estimate of drug-likeness (QED) is 0.767. The summed E-state index contributed by atoms with van der Waals surface area (Å²) in [6.07, 6.45) is 1.39. The number of rotatable bonds is 4. The number of aryl methyl sites for hydroxylation is 1. The molecule has 0 spiro atoms. The van der Waals surface area contributed by atoms with Gasteiger partial charge in [-0.15, -0.1) is 10.2 Å². The summed E-state index contributed by atoms with van der Waals surface area (Å²) in [5.74, 6) is 0.823. The fraction of sp³-hybridized carbons (Fsp3) is 0.889. The van der Waals surface area contributed by atoms with Crippen LogP contribution in [0.25, 0.3) is 0 Å². The predicted molar refractivity (Wildman–Crippen MR) is 52.6 cm³/mol. The van der Waals surface area contributed by atoms with Gasteiger partial charge < -0.3 is 5.11 Å². The molecular formula is C9H18N4O. The van der Waals surface area contributed by atoms with E-state index in [2.05, 4.69) is 22.3 Å². The highest BCUT2D eigenvalue weighted by atomic mass is 16.3. The summed E-state index contributed by atoms with van der Waals surface area (Å²) in [4.78, 5) is 1.40. The zero-order valence-corrected chi connectivity index (χ0v) is 9.23. The van der Waals surface area contributed by atoms with E-state index in [0.717, 1.165) is 6.42 Å². The summed E-state index contributed by atoms with van der Waals surface area (Å²) in [6, 6.07) is 0. The molecule has 1 rings (SSSR count). The molecule has 1 N–H and O–H groups in total. The third-order valence-corrected chi connectivity index (χ3v) is 2.74. The first-order valence-electron chi connectivity index (χ1n) is 4.91. The lowest BCUT2D eigenvalue weighted by Crippen LogP contribution is -2.35. The zero-order valence-electron chi connectivity index (χ0n) is 9.23. The molecule has 1 aromatic heterocycles. The first-order valence-corrected chi connectivity index (χ1v) is 4.91. The maximum atomic E-state index is 10.1. The first kappa shape index (κ1) is 11.1. The van der Waals surface area contributed by atoms with Crippen molar-refractivity contribution in [2.24, 2.45) is 13.0 Å². The predicted octanol–water partition coefficient (Wildman–Crippen LogP) is 0.550. The molecule has 0 amide bonds. The van der Waals surface area contributed by atoms with Gasteiger partial charge in [0.25, 0.3) is 0 Å². The Hall–Kier alpha value is -0.970. The van der Waals surface area contributed by atoms with Crippen LogP contribution in [-0.2, 0) is 13.5 Å². The van der Waals surface area contributed by atoms with E-state index in [1.165, 1.54) is 4.80 Å². The number of hydrogen-bond donors (Lipinski definition) is 1. The minimum Gasteiger partial charge on any atom is -0.389 e. The first-order chi connectivity index (χ1) is 6.45. The van der Waals surface area contributed by atoms with Crippen LogP contribution in [0.4, 0.5) is 0 Å². The molecule has 0 aliphatic heterocycles. The van der Waals surface area contributed by atoms with E-state index in [1.807, 2.05) is 13.8 Å². The fourth-order valence-electron chi connectivity index (χ4n) is 1.33. The van der Waals surface area contributed by atoms with Gasteiger partial charge in [-0.05, 0) is 18.1 Å². The SMILES string of the molecule is CCC(C)C(C)(O)Cc1nnn(C)n1. The van der Waals surface area contributed by atoms with E-state index in [1.54, 1.807) is 7.05 Å². The Labute approximate surface area is 84.1 Å². The lowest BCUT2D eigenvalue weighted by Gasteiger charge is -2.28. The van der Waals surface area contributed by atoms with E-state index in [9.17, 15) is 5.11 Å². The van der Waals surface area contributed by atoms with Crippen molar-refractivity contribution >= 4 is 0 Å². The van der Waals surface area contributed by atoms with E-state index in [0.29, 0.717) is 12.2 Å². The van der Waals surface area contributed by atoms with Gasteiger partial charge in [0.15, 0.2) is 5.82 Å². The van der Waals surface area contributed by atoms with Crippen molar-refractivity contribution in [1.29, 1.82) is 0 Å². The third kappa shape index (κ3) is 2.51. The molecule has 0 saturated carbocycles. The van der Waals surface area contributed by atoms with Crippen LogP contribution < -0.4 is 0 Å². The number of nitrogens with zero attached hydrogens (tertiary/aromatic N) is 4. The lowest BCUT2D eigenvalue weighted by molar-refractivity contribution is 0.00338. The lowest BCUT2D eigenvalue weighted by atomic mass is 9.86. The smallest absolute Gasteiger partial charge is 0.177 e. The van der Waals surface area contributed by atoms with Gasteiger partial charge in [0.05, 0.1) is 12.6 Å². The van der Waals surface area contributed by atoms with Crippen molar-refractivity contribution in [1.82, 2.24) is 20.2 Å². The van der Waals surface area contributed by atoms with Crippen LogP contribution in [0, 0.1) is 5.92 Å². The molecule has 5 heteroatoms. The van der Waals surface area contributed by atoms with Gasteiger partial charge in [0.1, 0.15) is 0 Å². The number of aliphatic hydroxyl groups is 1. The monoisotopic (exact) mass is 198 g/mol. The molecular weight excluding hydrogens is 180 g/mol. The van der Waals surface area contributed by atoms with Crippen LogP contribution in [0.15, 0.2) is 0 Å². The molecule has 5 nitrogen and oxygen atoms in total. The van der Waals surface area contributed by atoms with Gasteiger partial charge in [-0.1, -0.05) is 20.3 Å². The number of hydrogen-bond acceptors (Lipinski definition) is 4. The van der Waals surface area contributed by atoms with Crippen molar-refractivity contribution in [2.75, 3.05) is 0 Å². The Morgan fingerprint density at radius 3 is 2.64 bits per heavy atom. The number of aromatic nitrogens is 4. The Morgan fingerprint density at radius 2 is 2.21 bits per heavy atom. The van der Waals surface area contributed by atoms with Gasteiger partial charge in [0.2, 0.25) is 0 Å². The molecule has 2 unspecified atom stereocenters. The molecule has 0 bridgehead atoms. The second-order valence-electron chi connectivity index (χ2n) is 4.04. The largest absolute Gasteiger partial charge is 0.389 e. The Morgan fingerprint density at radius 1 is 1.57 bits per heavy atom. The third-order valence-electron chi connectivity index (χ3n) is 2.74. The topological polar surface area (TPSA) is 63.8 Å². The molecule has 0 fully saturated rings. The Kier molecular flexibility index (Phi) is 3.21. The molecule has 0 aromatic carbocycles. The second-order valence-corrected chi connectivity index (χ2v) is 4.04. The molecule has 0 aliphatic rings. The van der Waals surface area contributed by atoms with E-state index in [-0.39, 0.29) is 5.92 Å². The molecule has 2 atom stereocenters. The van der Waals surface area contributed by atoms with E-state index < -0.39 is 5.60 Å². The van der Waals surface area contributed by atoms with Gasteiger partial charge in [0, 0.05) is 6.42 Å². The highest BCUT2D eigenvalue weighted by Gasteiger charge is 2.29. The van der Waals surface area contributed by atoms with Crippen LogP contribution >= 0.6 is 0 Å². The van der Waals surface area contributed by atoms with E-state index in [4.69, 9.17) is 0 Å². The molecule has 0 radical (unpaired) electrons. The number of tetrazole rings is 1. The molecule has 14 heavy (non-hydrogen) atoms. The average Bonchev–Trinajstić information content (AvgIpc) is 2.48. The normalized spacial score (nSPS) is 17.8. The molecule has 0 aliphatic carbocycles. The summed E-state index contributed by atoms with van der Waals surface area (Å²) >= 11 is 0. The Bertz CT molecular complexity index is 295. The summed E-state index contributed by atoms with van der Waals surface area (Å²) in [7, 11) is 1.72. The molecule has 1 heterocycles. The summed E-state index contributed by atoms with van der Waals surface area (Å²) in [5.41, 5.74) is -0.752. The van der Waals surface area contributed by atoms with Crippen molar-refractivity contribution in [3.05, 3.63) is 5.82 Å². The maximum Gasteiger partial charge on any atom is 0.177 e. The zero-order chi connectivity index (χ0) is 10.8. The highest BCUT2D eigenvalue weighted by molar-refractivity contribution is 4.90. The summed E-state index contributed by atoms with van der Waals surface area (Å²) < 4.78 is 0. The Balaban J connectivity index is 2.67. The average molecular weight is 198 g/mol. The van der Waals surface area contributed by atoms with Crippen LogP contribution in [0.1, 0.15) is 33.0 Å². The highest BCUT2D eigenvalue weighted by Crippen LogP contribution is 2.22. The fourth-order valence-corrected chi connectivity index (χ4v) is 1.33. The van der Waals surface area contributed by atoms with Gasteiger partial charge >= 0.3 is 0 Å². The standard InChI is InChI=1S/C9H18N4O/c1-5-7(2)9(3,14)6-8-10-12-13(4)11-8/h7,14H,5-6H2,1-4H3. The van der Waals surface area contributed by atoms with Crippen LogP contribution in [0.5, 0.6) is 0 Å². The van der Waals surface area contributed by atoms with Crippen molar-refractivity contribution < 1.29 is 5.11 Å². The van der Waals surface area contributed by atoms with Gasteiger partial charge in [-0.3, -0.25) is 0 Å². The van der Waals surface area contributed by atoms with Gasteiger partial charge in [-0.25, -0.2) is 0 Å². The maximum absolute atomic E-state index is 10.1. The summed E-state index contributed by atoms with van der Waals surface area (Å²) in [5, 5.41) is 21.8. The van der Waals surface area contributed by atoms with Crippen molar-refractivity contribution in [3.8, 4) is 0 Å². The minimum absolute atomic E-state index is 0.228. The van der Waals surface area contributed by atoms with E-state index >= 15 is 0 Å². The molecule has 0 saturated heterocycles. The van der Waals surface area contributed by atoms with Crippen LogP contribution in [0.3, 0.4) is 0 Å². The van der Waals surface area contributed by atoms with Gasteiger partial charge in [-0.2, -0.15) is 4.80 Å². The van der Waals surface area contributed by atoms with Crippen molar-refractivity contribution in [2.45, 2.75) is 39.2 Å². The second kappa shape index (κ2) is 4.04. The van der Waals surface area contributed by atoms with Crippen LogP contribution in [0.2, 0.25) is 0 Å². The molecule has 80 valence electrons. The van der Waals surface area contributed by atoms with Crippen LogP contribution in [-0.4, -0.2) is 30.9 Å². The summed E-state index contributed by atoms with van der Waals surface area (Å²) in [6.45, 7) is 5.90. The molecule has 1 aromatic rings. The van der Waals surface area contributed by atoms with Crippen molar-refractivity contribution in [3.63, 3.8) is 0 Å². The minimum atomic E-state index is -0.752.